The minimum atomic E-state index is -0.136. The predicted octanol–water partition coefficient (Wildman–Crippen LogP) is 4.25. The van der Waals surface area contributed by atoms with E-state index in [1.807, 2.05) is 60.7 Å². The number of methoxy groups -OCH3 is 1. The lowest BCUT2D eigenvalue weighted by Crippen LogP contribution is -2.22. The third kappa shape index (κ3) is 5.77. The molecule has 33 heavy (non-hydrogen) atoms. The predicted molar refractivity (Wildman–Crippen MR) is 128 cm³/mol. The van der Waals surface area contributed by atoms with Crippen molar-refractivity contribution in [2.24, 2.45) is 0 Å². The van der Waals surface area contributed by atoms with Crippen molar-refractivity contribution in [2.75, 3.05) is 12.4 Å². The summed E-state index contributed by atoms with van der Waals surface area (Å²) in [6.45, 7) is 1.93. The standard InChI is InChI=1S/C26H26N4O3/c1-17(31)28-21-9-3-18(4-10-21)7-14-25-29-23-13-8-20(15-24(23)30-25)26(32)27-16-19-5-11-22(33-2)12-6-19/h3-6,8-13,15H,7,14,16H2,1-2H3,(H,27,32)(H,28,31)(H,29,30). The maximum atomic E-state index is 12.6. The Hall–Kier alpha value is -4.13. The van der Waals surface area contributed by atoms with Gasteiger partial charge in [-0.05, 0) is 60.0 Å². The SMILES string of the molecule is COc1ccc(CNC(=O)c2ccc3nc(CCc4ccc(NC(C)=O)cc4)[nH]c3c2)cc1. The van der Waals surface area contributed by atoms with Crippen molar-refractivity contribution in [1.82, 2.24) is 15.3 Å². The summed E-state index contributed by atoms with van der Waals surface area (Å²) in [7, 11) is 1.63. The highest BCUT2D eigenvalue weighted by Gasteiger charge is 2.10. The van der Waals surface area contributed by atoms with Crippen molar-refractivity contribution < 1.29 is 14.3 Å². The molecule has 0 saturated carbocycles. The first kappa shape index (κ1) is 22.1. The molecule has 2 amide bonds. The van der Waals surface area contributed by atoms with Crippen LogP contribution in [-0.4, -0.2) is 28.9 Å². The Labute approximate surface area is 192 Å². The van der Waals surface area contributed by atoms with Crippen LogP contribution in [-0.2, 0) is 24.2 Å². The van der Waals surface area contributed by atoms with Crippen LogP contribution in [0.15, 0.2) is 66.7 Å². The van der Waals surface area contributed by atoms with Gasteiger partial charge < -0.3 is 20.4 Å². The summed E-state index contributed by atoms with van der Waals surface area (Å²) in [5, 5.41) is 5.71. The molecule has 3 aromatic carbocycles. The van der Waals surface area contributed by atoms with Gasteiger partial charge in [-0.1, -0.05) is 24.3 Å². The van der Waals surface area contributed by atoms with Crippen molar-refractivity contribution in [2.45, 2.75) is 26.3 Å². The molecule has 0 bridgehead atoms. The number of nitrogens with zero attached hydrogens (tertiary/aromatic N) is 1. The van der Waals surface area contributed by atoms with Crippen LogP contribution in [0.1, 0.15) is 34.2 Å². The number of amides is 2. The Morgan fingerprint density at radius 3 is 2.36 bits per heavy atom. The summed E-state index contributed by atoms with van der Waals surface area (Å²) in [6, 6.07) is 20.9. The third-order valence-electron chi connectivity index (χ3n) is 5.33. The molecule has 0 atom stereocenters. The zero-order chi connectivity index (χ0) is 23.2. The molecule has 7 heteroatoms. The zero-order valence-corrected chi connectivity index (χ0v) is 18.6. The summed E-state index contributed by atoms with van der Waals surface area (Å²) < 4.78 is 5.16. The first-order valence-corrected chi connectivity index (χ1v) is 10.8. The highest BCUT2D eigenvalue weighted by atomic mass is 16.5. The van der Waals surface area contributed by atoms with Crippen LogP contribution in [0.4, 0.5) is 5.69 Å². The lowest BCUT2D eigenvalue weighted by Gasteiger charge is -2.06. The van der Waals surface area contributed by atoms with Crippen LogP contribution < -0.4 is 15.4 Å². The molecule has 0 aliphatic carbocycles. The number of hydrogen-bond acceptors (Lipinski definition) is 4. The van der Waals surface area contributed by atoms with E-state index < -0.39 is 0 Å². The smallest absolute Gasteiger partial charge is 0.251 e. The molecule has 3 N–H and O–H groups in total. The van der Waals surface area contributed by atoms with Gasteiger partial charge in [-0.3, -0.25) is 9.59 Å². The van der Waals surface area contributed by atoms with Gasteiger partial charge in [0.05, 0.1) is 18.1 Å². The van der Waals surface area contributed by atoms with E-state index in [4.69, 9.17) is 4.74 Å². The van der Waals surface area contributed by atoms with E-state index in [0.717, 1.165) is 52.3 Å². The van der Waals surface area contributed by atoms with Crippen molar-refractivity contribution >= 4 is 28.5 Å². The minimum Gasteiger partial charge on any atom is -0.497 e. The van der Waals surface area contributed by atoms with Crippen molar-refractivity contribution in [1.29, 1.82) is 0 Å². The number of aryl methyl sites for hydroxylation is 2. The fraction of sp³-hybridized carbons (Fsp3) is 0.192. The molecular weight excluding hydrogens is 416 g/mol. The monoisotopic (exact) mass is 442 g/mol. The molecule has 0 unspecified atom stereocenters. The summed E-state index contributed by atoms with van der Waals surface area (Å²) in [6.07, 6.45) is 1.56. The fourth-order valence-corrected chi connectivity index (χ4v) is 3.57. The van der Waals surface area contributed by atoms with Gasteiger partial charge in [0.25, 0.3) is 5.91 Å². The second-order valence-electron chi connectivity index (χ2n) is 7.82. The van der Waals surface area contributed by atoms with Crippen LogP contribution in [0, 0.1) is 0 Å². The van der Waals surface area contributed by atoms with Gasteiger partial charge in [0, 0.05) is 31.1 Å². The number of fused-ring (bicyclic) bond motifs is 1. The van der Waals surface area contributed by atoms with Gasteiger partial charge in [-0.15, -0.1) is 0 Å². The topological polar surface area (TPSA) is 96.1 Å². The van der Waals surface area contributed by atoms with Crippen LogP contribution in [0.3, 0.4) is 0 Å². The van der Waals surface area contributed by atoms with Crippen LogP contribution in [0.5, 0.6) is 5.75 Å². The van der Waals surface area contributed by atoms with E-state index in [0.29, 0.717) is 12.1 Å². The molecule has 0 spiro atoms. The van der Waals surface area contributed by atoms with Crippen LogP contribution >= 0.6 is 0 Å². The highest BCUT2D eigenvalue weighted by molar-refractivity contribution is 5.97. The average molecular weight is 443 g/mol. The lowest BCUT2D eigenvalue weighted by atomic mass is 10.1. The highest BCUT2D eigenvalue weighted by Crippen LogP contribution is 2.17. The molecule has 0 aliphatic heterocycles. The van der Waals surface area contributed by atoms with Gasteiger partial charge >= 0.3 is 0 Å². The molecule has 1 heterocycles. The van der Waals surface area contributed by atoms with Crippen molar-refractivity contribution in [3.05, 3.63) is 89.2 Å². The number of ether oxygens (including phenoxy) is 1. The summed E-state index contributed by atoms with van der Waals surface area (Å²) >= 11 is 0. The summed E-state index contributed by atoms with van der Waals surface area (Å²) in [4.78, 5) is 31.7. The Balaban J connectivity index is 1.36. The largest absolute Gasteiger partial charge is 0.497 e. The van der Waals surface area contributed by atoms with E-state index >= 15 is 0 Å². The number of anilines is 1. The summed E-state index contributed by atoms with van der Waals surface area (Å²) in [5.74, 6) is 1.43. The number of carbonyl (C=O) groups is 2. The quantitative estimate of drug-likeness (QED) is 0.380. The number of aromatic amines is 1. The van der Waals surface area contributed by atoms with Gasteiger partial charge in [0.2, 0.25) is 5.91 Å². The molecule has 4 aromatic rings. The minimum absolute atomic E-state index is 0.0844. The first-order valence-electron chi connectivity index (χ1n) is 10.8. The second kappa shape index (κ2) is 9.99. The van der Waals surface area contributed by atoms with E-state index in [1.165, 1.54) is 6.92 Å². The maximum absolute atomic E-state index is 12.6. The van der Waals surface area contributed by atoms with Gasteiger partial charge in [0.1, 0.15) is 11.6 Å². The molecule has 4 rings (SSSR count). The average Bonchev–Trinajstić information content (AvgIpc) is 3.24. The Morgan fingerprint density at radius 2 is 1.67 bits per heavy atom. The Bertz CT molecular complexity index is 1260. The number of aromatic nitrogens is 2. The number of rotatable bonds is 8. The van der Waals surface area contributed by atoms with E-state index in [-0.39, 0.29) is 11.8 Å². The summed E-state index contributed by atoms with van der Waals surface area (Å²) in [5.41, 5.74) is 5.19. The molecule has 0 fully saturated rings. The van der Waals surface area contributed by atoms with E-state index in [9.17, 15) is 9.59 Å². The van der Waals surface area contributed by atoms with E-state index in [1.54, 1.807) is 13.2 Å². The molecule has 7 nitrogen and oxygen atoms in total. The lowest BCUT2D eigenvalue weighted by molar-refractivity contribution is -0.114. The second-order valence-corrected chi connectivity index (χ2v) is 7.82. The normalized spacial score (nSPS) is 10.7. The number of benzene rings is 3. The van der Waals surface area contributed by atoms with Gasteiger partial charge in [-0.2, -0.15) is 0 Å². The van der Waals surface area contributed by atoms with Gasteiger partial charge in [0.15, 0.2) is 0 Å². The zero-order valence-electron chi connectivity index (χ0n) is 18.6. The molecular formula is C26H26N4O3. The Morgan fingerprint density at radius 1 is 0.939 bits per heavy atom. The maximum Gasteiger partial charge on any atom is 0.251 e. The fourth-order valence-electron chi connectivity index (χ4n) is 3.57. The number of hydrogen-bond donors (Lipinski definition) is 3. The molecule has 0 saturated heterocycles. The van der Waals surface area contributed by atoms with Crippen molar-refractivity contribution in [3.8, 4) is 5.75 Å². The molecule has 0 aliphatic rings. The van der Waals surface area contributed by atoms with Crippen LogP contribution in [0.2, 0.25) is 0 Å². The number of H-pyrrole nitrogens is 1. The number of nitrogens with one attached hydrogen (secondary N) is 3. The van der Waals surface area contributed by atoms with Gasteiger partial charge in [-0.25, -0.2) is 4.98 Å². The first-order chi connectivity index (χ1) is 16.0. The number of carbonyl (C=O) groups excluding carboxylic acids is 2. The molecule has 1 aromatic heterocycles. The number of imidazole rings is 1. The van der Waals surface area contributed by atoms with Crippen molar-refractivity contribution in [3.63, 3.8) is 0 Å². The molecule has 0 radical (unpaired) electrons. The molecule has 168 valence electrons. The third-order valence-corrected chi connectivity index (χ3v) is 5.33. The van der Waals surface area contributed by atoms with E-state index in [2.05, 4.69) is 20.6 Å². The van der Waals surface area contributed by atoms with Crippen LogP contribution in [0.25, 0.3) is 11.0 Å². The Kier molecular flexibility index (Phi) is 6.69.